The van der Waals surface area contributed by atoms with E-state index in [1.807, 2.05) is 0 Å². The lowest BCUT2D eigenvalue weighted by molar-refractivity contribution is -0.137. The van der Waals surface area contributed by atoms with Crippen molar-refractivity contribution in [3.63, 3.8) is 0 Å². The zero-order chi connectivity index (χ0) is 13.2. The molecule has 1 aromatic rings. The molecule has 0 bridgehead atoms. The molecule has 3 nitrogen and oxygen atoms in total. The third-order valence-corrected chi connectivity index (χ3v) is 2.37. The molecule has 2 atom stereocenters. The second-order valence-corrected chi connectivity index (χ2v) is 3.76. The van der Waals surface area contributed by atoms with Crippen LogP contribution in [-0.4, -0.2) is 18.3 Å². The molecule has 0 saturated heterocycles. The molecule has 0 aromatic heterocycles. The summed E-state index contributed by atoms with van der Waals surface area (Å²) in [5.74, 6) is 0.183. The van der Waals surface area contributed by atoms with Crippen LogP contribution in [0.1, 0.15) is 24.2 Å². The van der Waals surface area contributed by atoms with Crippen molar-refractivity contribution in [1.82, 2.24) is 0 Å². The number of aliphatic hydroxyl groups is 1. The second kappa shape index (κ2) is 4.93. The lowest BCUT2D eigenvalue weighted by Gasteiger charge is -2.19. The van der Waals surface area contributed by atoms with Crippen LogP contribution in [-0.2, 0) is 6.18 Å². The van der Waals surface area contributed by atoms with Gasteiger partial charge in [0.15, 0.2) is 0 Å². The van der Waals surface area contributed by atoms with Crippen LogP contribution < -0.4 is 10.5 Å². The molecule has 1 aromatic carbocycles. The number of benzene rings is 1. The average Bonchev–Trinajstić information content (AvgIpc) is 2.25. The largest absolute Gasteiger partial charge is 0.496 e. The van der Waals surface area contributed by atoms with E-state index in [0.29, 0.717) is 0 Å². The van der Waals surface area contributed by atoms with Gasteiger partial charge in [-0.1, -0.05) is 0 Å². The van der Waals surface area contributed by atoms with Gasteiger partial charge in [-0.15, -0.1) is 0 Å². The van der Waals surface area contributed by atoms with E-state index in [-0.39, 0.29) is 11.3 Å². The van der Waals surface area contributed by atoms with Gasteiger partial charge in [0.25, 0.3) is 0 Å². The van der Waals surface area contributed by atoms with Crippen molar-refractivity contribution in [2.45, 2.75) is 25.2 Å². The van der Waals surface area contributed by atoms with Crippen molar-refractivity contribution < 1.29 is 23.0 Å². The van der Waals surface area contributed by atoms with Gasteiger partial charge in [-0.05, 0) is 25.1 Å². The molecule has 0 spiro atoms. The Morgan fingerprint density at radius 1 is 1.35 bits per heavy atom. The van der Waals surface area contributed by atoms with E-state index < -0.39 is 23.9 Å². The summed E-state index contributed by atoms with van der Waals surface area (Å²) in [5, 5.41) is 9.73. The van der Waals surface area contributed by atoms with Crippen LogP contribution in [0.5, 0.6) is 5.75 Å². The fourth-order valence-electron chi connectivity index (χ4n) is 1.43. The van der Waals surface area contributed by atoms with Crippen LogP contribution in [0.2, 0.25) is 0 Å². The van der Waals surface area contributed by atoms with Crippen LogP contribution in [0.15, 0.2) is 18.2 Å². The smallest absolute Gasteiger partial charge is 0.416 e. The molecule has 0 amide bonds. The quantitative estimate of drug-likeness (QED) is 0.862. The molecule has 96 valence electrons. The third kappa shape index (κ3) is 3.10. The molecule has 0 aliphatic heterocycles. The molecule has 3 N–H and O–H groups in total. The molecule has 0 radical (unpaired) electrons. The fourth-order valence-corrected chi connectivity index (χ4v) is 1.43. The number of ether oxygens (including phenoxy) is 1. The van der Waals surface area contributed by atoms with Crippen molar-refractivity contribution in [2.24, 2.45) is 5.73 Å². The maximum atomic E-state index is 12.5. The minimum Gasteiger partial charge on any atom is -0.496 e. The summed E-state index contributed by atoms with van der Waals surface area (Å²) in [6, 6.07) is 2.24. The Bertz CT molecular complexity index is 391. The molecule has 2 unspecified atom stereocenters. The lowest BCUT2D eigenvalue weighted by atomic mass is 10.0. The van der Waals surface area contributed by atoms with Crippen LogP contribution in [0.4, 0.5) is 13.2 Å². The monoisotopic (exact) mass is 249 g/mol. The van der Waals surface area contributed by atoms with Crippen LogP contribution in [0.3, 0.4) is 0 Å². The highest BCUT2D eigenvalue weighted by Crippen LogP contribution is 2.35. The number of methoxy groups -OCH3 is 1. The molecule has 0 fully saturated rings. The third-order valence-electron chi connectivity index (χ3n) is 2.37. The number of halogens is 3. The number of rotatable bonds is 3. The first-order chi connectivity index (χ1) is 7.77. The fraction of sp³-hybridized carbons (Fsp3) is 0.455. The number of hydrogen-bond acceptors (Lipinski definition) is 3. The topological polar surface area (TPSA) is 55.5 Å². The summed E-state index contributed by atoms with van der Waals surface area (Å²) in [6.45, 7) is 1.50. The molecule has 6 heteroatoms. The molecule has 0 aliphatic carbocycles. The molecule has 0 aliphatic rings. The van der Waals surface area contributed by atoms with Crippen LogP contribution in [0.25, 0.3) is 0 Å². The predicted octanol–water partition coefficient (Wildman–Crippen LogP) is 2.09. The first-order valence-electron chi connectivity index (χ1n) is 4.96. The normalized spacial score (nSPS) is 15.5. The Hall–Kier alpha value is -1.27. The summed E-state index contributed by atoms with van der Waals surface area (Å²) in [7, 11) is 1.32. The van der Waals surface area contributed by atoms with Crippen molar-refractivity contribution >= 4 is 0 Å². The van der Waals surface area contributed by atoms with E-state index in [4.69, 9.17) is 10.5 Å². The Morgan fingerprint density at radius 3 is 2.35 bits per heavy atom. The standard InChI is InChI=1S/C11H14F3NO2/c1-6(15)10(16)8-5-7(11(12,13)14)3-4-9(8)17-2/h3-6,10,16H,15H2,1-2H3. The molecule has 17 heavy (non-hydrogen) atoms. The summed E-state index contributed by atoms with van der Waals surface area (Å²) >= 11 is 0. The van der Waals surface area contributed by atoms with Gasteiger partial charge in [-0.2, -0.15) is 13.2 Å². The Balaban J connectivity index is 3.25. The number of hydrogen-bond donors (Lipinski definition) is 2. The second-order valence-electron chi connectivity index (χ2n) is 3.76. The molecule has 1 rings (SSSR count). The van der Waals surface area contributed by atoms with Crippen LogP contribution >= 0.6 is 0 Å². The zero-order valence-electron chi connectivity index (χ0n) is 9.45. The molecular weight excluding hydrogens is 235 g/mol. The predicted molar refractivity (Wildman–Crippen MR) is 56.6 cm³/mol. The number of nitrogens with two attached hydrogens (primary N) is 1. The molecule has 0 saturated carbocycles. The van der Waals surface area contributed by atoms with Gasteiger partial charge in [0.05, 0.1) is 18.8 Å². The van der Waals surface area contributed by atoms with Crippen LogP contribution in [0, 0.1) is 0 Å². The molecular formula is C11H14F3NO2. The van der Waals surface area contributed by atoms with Crippen molar-refractivity contribution in [3.05, 3.63) is 29.3 Å². The van der Waals surface area contributed by atoms with Gasteiger partial charge in [-0.3, -0.25) is 0 Å². The highest BCUT2D eigenvalue weighted by molar-refractivity contribution is 5.40. The summed E-state index contributed by atoms with van der Waals surface area (Å²) in [5.41, 5.74) is 4.66. The van der Waals surface area contributed by atoms with Crippen molar-refractivity contribution in [3.8, 4) is 5.75 Å². The highest BCUT2D eigenvalue weighted by Gasteiger charge is 2.32. The Kier molecular flexibility index (Phi) is 4.00. The first-order valence-corrected chi connectivity index (χ1v) is 4.96. The summed E-state index contributed by atoms with van der Waals surface area (Å²) in [6.07, 6.45) is -5.66. The van der Waals surface area contributed by atoms with E-state index in [1.54, 1.807) is 0 Å². The SMILES string of the molecule is COc1ccc(C(F)(F)F)cc1C(O)C(C)N. The average molecular weight is 249 g/mol. The van der Waals surface area contributed by atoms with Gasteiger partial charge >= 0.3 is 6.18 Å². The summed E-state index contributed by atoms with van der Waals surface area (Å²) in [4.78, 5) is 0. The van der Waals surface area contributed by atoms with E-state index in [1.165, 1.54) is 20.1 Å². The van der Waals surface area contributed by atoms with Gasteiger partial charge < -0.3 is 15.6 Å². The Labute approximate surface area is 97.0 Å². The summed E-state index contributed by atoms with van der Waals surface area (Å²) < 4.78 is 42.4. The minimum atomic E-state index is -4.46. The molecule has 0 heterocycles. The van der Waals surface area contributed by atoms with E-state index in [0.717, 1.165) is 12.1 Å². The van der Waals surface area contributed by atoms with Gasteiger partial charge in [-0.25, -0.2) is 0 Å². The minimum absolute atomic E-state index is 0.0392. The lowest BCUT2D eigenvalue weighted by Crippen LogP contribution is -2.25. The van der Waals surface area contributed by atoms with E-state index in [9.17, 15) is 18.3 Å². The Morgan fingerprint density at radius 2 is 1.94 bits per heavy atom. The highest BCUT2D eigenvalue weighted by atomic mass is 19.4. The zero-order valence-corrected chi connectivity index (χ0v) is 9.45. The van der Waals surface area contributed by atoms with Crippen molar-refractivity contribution in [1.29, 1.82) is 0 Å². The van der Waals surface area contributed by atoms with Gasteiger partial charge in [0.1, 0.15) is 5.75 Å². The van der Waals surface area contributed by atoms with Crippen molar-refractivity contribution in [2.75, 3.05) is 7.11 Å². The van der Waals surface area contributed by atoms with Gasteiger partial charge in [0.2, 0.25) is 0 Å². The number of aliphatic hydroxyl groups excluding tert-OH is 1. The maximum Gasteiger partial charge on any atom is 0.416 e. The van der Waals surface area contributed by atoms with E-state index in [2.05, 4.69) is 0 Å². The first kappa shape index (κ1) is 13.8. The maximum absolute atomic E-state index is 12.5. The van der Waals surface area contributed by atoms with Gasteiger partial charge in [0, 0.05) is 11.6 Å². The van der Waals surface area contributed by atoms with E-state index >= 15 is 0 Å². The number of alkyl halides is 3.